The molecule has 1 aliphatic rings. The van der Waals surface area contributed by atoms with Crippen molar-refractivity contribution in [2.75, 3.05) is 6.54 Å². The molecule has 6 heteroatoms. The molecule has 0 bridgehead atoms. The molecular weight excluding hydrogens is 244 g/mol. The number of nitrogens with zero attached hydrogens (tertiary/aromatic N) is 3. The third kappa shape index (κ3) is 3.49. The number of hydrogen-bond donors (Lipinski definition) is 1. The Hall–Kier alpha value is -1.98. The summed E-state index contributed by atoms with van der Waals surface area (Å²) in [5.41, 5.74) is 2.21. The molecule has 1 aromatic heterocycles. The van der Waals surface area contributed by atoms with Crippen molar-refractivity contribution >= 4 is 11.6 Å². The molecule has 0 saturated carbocycles. The van der Waals surface area contributed by atoms with E-state index in [-0.39, 0.29) is 12.0 Å². The van der Waals surface area contributed by atoms with Gasteiger partial charge in [-0.05, 0) is 26.3 Å². The molecular formula is C13H18N4O2. The largest absolute Gasteiger partial charge is 0.390 e. The summed E-state index contributed by atoms with van der Waals surface area (Å²) in [7, 11) is 0. The van der Waals surface area contributed by atoms with Crippen LogP contribution in [0.2, 0.25) is 0 Å². The lowest BCUT2D eigenvalue weighted by atomic mass is 10.1. The van der Waals surface area contributed by atoms with Crippen molar-refractivity contribution in [3.63, 3.8) is 0 Å². The number of aromatic nitrogens is 2. The molecule has 1 amide bonds. The molecule has 2 rings (SSSR count). The molecule has 0 aliphatic carbocycles. The van der Waals surface area contributed by atoms with Gasteiger partial charge in [0, 0.05) is 12.1 Å². The van der Waals surface area contributed by atoms with E-state index >= 15 is 0 Å². The van der Waals surface area contributed by atoms with Crippen LogP contribution < -0.4 is 5.32 Å². The zero-order valence-corrected chi connectivity index (χ0v) is 11.4. The van der Waals surface area contributed by atoms with Crippen LogP contribution in [0.25, 0.3) is 0 Å². The number of oxime groups is 1. The predicted octanol–water partition coefficient (Wildman–Crippen LogP) is 1.38. The average Bonchev–Trinajstić information content (AvgIpc) is 2.82. The summed E-state index contributed by atoms with van der Waals surface area (Å²) >= 11 is 0. The zero-order valence-electron chi connectivity index (χ0n) is 11.4. The Morgan fingerprint density at radius 2 is 2.26 bits per heavy atom. The smallest absolute Gasteiger partial charge is 0.270 e. The normalized spacial score (nSPS) is 17.8. The van der Waals surface area contributed by atoms with Gasteiger partial charge in [0.25, 0.3) is 5.91 Å². The zero-order chi connectivity index (χ0) is 13.8. The van der Waals surface area contributed by atoms with Gasteiger partial charge < -0.3 is 10.2 Å². The monoisotopic (exact) mass is 262 g/mol. The molecule has 0 saturated heterocycles. The minimum Gasteiger partial charge on any atom is -0.390 e. The fraction of sp³-hybridized carbons (Fsp3) is 0.538. The van der Waals surface area contributed by atoms with Crippen LogP contribution in [0.1, 0.15) is 41.8 Å². The van der Waals surface area contributed by atoms with Crippen LogP contribution in [0, 0.1) is 13.8 Å². The minimum atomic E-state index is -0.206. The Balaban J connectivity index is 1.88. The molecule has 1 aliphatic heterocycles. The van der Waals surface area contributed by atoms with Crippen molar-refractivity contribution < 1.29 is 9.63 Å². The highest BCUT2D eigenvalue weighted by Gasteiger charge is 2.20. The van der Waals surface area contributed by atoms with E-state index in [2.05, 4.69) is 20.4 Å². The molecule has 1 N–H and O–H groups in total. The highest BCUT2D eigenvalue weighted by atomic mass is 16.6. The van der Waals surface area contributed by atoms with Crippen LogP contribution in [0.4, 0.5) is 0 Å². The van der Waals surface area contributed by atoms with Gasteiger partial charge in [-0.2, -0.15) is 0 Å². The second-order valence-corrected chi connectivity index (χ2v) is 4.59. The van der Waals surface area contributed by atoms with E-state index in [1.54, 1.807) is 13.0 Å². The van der Waals surface area contributed by atoms with E-state index in [9.17, 15) is 4.79 Å². The molecule has 102 valence electrons. The first-order valence-electron chi connectivity index (χ1n) is 6.40. The van der Waals surface area contributed by atoms with Crippen molar-refractivity contribution in [1.29, 1.82) is 0 Å². The van der Waals surface area contributed by atoms with Crippen molar-refractivity contribution in [3.8, 4) is 0 Å². The Bertz CT molecular complexity index is 493. The van der Waals surface area contributed by atoms with Gasteiger partial charge in [-0.1, -0.05) is 12.1 Å². The third-order valence-electron chi connectivity index (χ3n) is 2.89. The summed E-state index contributed by atoms with van der Waals surface area (Å²) in [5.74, 6) is 0.390. The van der Waals surface area contributed by atoms with Crippen molar-refractivity contribution in [1.82, 2.24) is 15.3 Å². The van der Waals surface area contributed by atoms with Crippen LogP contribution >= 0.6 is 0 Å². The summed E-state index contributed by atoms with van der Waals surface area (Å²) in [6.07, 6.45) is 1.59. The Labute approximate surface area is 112 Å². The van der Waals surface area contributed by atoms with Crippen LogP contribution in [0.5, 0.6) is 0 Å². The standard InChI is InChI=1S/C13H18N4O2/c1-4-10-6-11(19-17-10)7-14-13(18)12-5-8(2)15-9(3)16-12/h5,11H,4,6-7H2,1-3H3,(H,14,18)/t11-/m1/s1. The van der Waals surface area contributed by atoms with Gasteiger partial charge in [0.05, 0.1) is 12.3 Å². The topological polar surface area (TPSA) is 76.5 Å². The Morgan fingerprint density at radius 3 is 2.89 bits per heavy atom. The third-order valence-corrected chi connectivity index (χ3v) is 2.89. The van der Waals surface area contributed by atoms with Crippen LogP contribution in [-0.4, -0.2) is 34.2 Å². The number of carbonyl (C=O) groups is 1. The van der Waals surface area contributed by atoms with Gasteiger partial charge in [0.15, 0.2) is 0 Å². The maximum Gasteiger partial charge on any atom is 0.270 e. The first-order chi connectivity index (χ1) is 9.08. The van der Waals surface area contributed by atoms with Crippen molar-refractivity contribution in [3.05, 3.63) is 23.3 Å². The van der Waals surface area contributed by atoms with E-state index in [0.717, 1.165) is 24.2 Å². The summed E-state index contributed by atoms with van der Waals surface area (Å²) in [6.45, 7) is 6.08. The molecule has 1 aromatic rings. The van der Waals surface area contributed by atoms with E-state index in [1.807, 2.05) is 13.8 Å². The molecule has 0 aromatic carbocycles. The van der Waals surface area contributed by atoms with Gasteiger partial charge in [-0.3, -0.25) is 4.79 Å². The van der Waals surface area contributed by atoms with Gasteiger partial charge >= 0.3 is 0 Å². The molecule has 19 heavy (non-hydrogen) atoms. The van der Waals surface area contributed by atoms with Gasteiger partial charge in [0.2, 0.25) is 0 Å². The van der Waals surface area contributed by atoms with Crippen LogP contribution in [0.3, 0.4) is 0 Å². The molecule has 0 unspecified atom stereocenters. The highest BCUT2D eigenvalue weighted by Crippen LogP contribution is 2.11. The van der Waals surface area contributed by atoms with Crippen molar-refractivity contribution in [2.24, 2.45) is 5.16 Å². The highest BCUT2D eigenvalue weighted by molar-refractivity contribution is 5.92. The molecule has 6 nitrogen and oxygen atoms in total. The van der Waals surface area contributed by atoms with Gasteiger partial charge in [-0.15, -0.1) is 0 Å². The lowest BCUT2D eigenvalue weighted by molar-refractivity contribution is 0.0751. The van der Waals surface area contributed by atoms with Gasteiger partial charge in [-0.25, -0.2) is 9.97 Å². The first kappa shape index (κ1) is 13.5. The van der Waals surface area contributed by atoms with E-state index < -0.39 is 0 Å². The molecule has 0 fully saturated rings. The van der Waals surface area contributed by atoms with Crippen molar-refractivity contribution in [2.45, 2.75) is 39.7 Å². The maximum atomic E-state index is 12.0. The fourth-order valence-electron chi connectivity index (χ4n) is 1.94. The minimum absolute atomic E-state index is 0.0667. The summed E-state index contributed by atoms with van der Waals surface area (Å²) in [4.78, 5) is 25.5. The fourth-order valence-corrected chi connectivity index (χ4v) is 1.94. The van der Waals surface area contributed by atoms with E-state index in [0.29, 0.717) is 18.1 Å². The molecule has 2 heterocycles. The number of rotatable bonds is 4. The van der Waals surface area contributed by atoms with Crippen LogP contribution in [-0.2, 0) is 4.84 Å². The first-order valence-corrected chi connectivity index (χ1v) is 6.40. The van der Waals surface area contributed by atoms with Gasteiger partial charge in [0.1, 0.15) is 17.6 Å². The average molecular weight is 262 g/mol. The number of aryl methyl sites for hydroxylation is 2. The molecule has 0 radical (unpaired) electrons. The predicted molar refractivity (Wildman–Crippen MR) is 71.1 cm³/mol. The van der Waals surface area contributed by atoms with Crippen LogP contribution in [0.15, 0.2) is 11.2 Å². The second kappa shape index (κ2) is 5.77. The Kier molecular flexibility index (Phi) is 4.09. The quantitative estimate of drug-likeness (QED) is 0.889. The number of amides is 1. The number of hydrogen-bond acceptors (Lipinski definition) is 5. The lowest BCUT2D eigenvalue weighted by Crippen LogP contribution is -2.33. The maximum absolute atomic E-state index is 12.0. The summed E-state index contributed by atoms with van der Waals surface area (Å²) < 4.78 is 0. The van der Waals surface area contributed by atoms with E-state index in [1.165, 1.54) is 0 Å². The Morgan fingerprint density at radius 1 is 1.47 bits per heavy atom. The lowest BCUT2D eigenvalue weighted by Gasteiger charge is -2.10. The number of nitrogens with one attached hydrogen (secondary N) is 1. The summed E-state index contributed by atoms with van der Waals surface area (Å²) in [6, 6.07) is 1.67. The SMILES string of the molecule is CCC1=NO[C@@H](CNC(=O)c2cc(C)nc(C)n2)C1. The van der Waals surface area contributed by atoms with E-state index in [4.69, 9.17) is 4.84 Å². The molecule has 0 spiro atoms. The number of carbonyl (C=O) groups excluding carboxylic acids is 1. The molecule has 1 atom stereocenters. The summed E-state index contributed by atoms with van der Waals surface area (Å²) in [5, 5.41) is 6.77. The second-order valence-electron chi connectivity index (χ2n) is 4.59.